The lowest BCUT2D eigenvalue weighted by Crippen LogP contribution is -2.34. The van der Waals surface area contributed by atoms with E-state index in [4.69, 9.17) is 11.6 Å². The van der Waals surface area contributed by atoms with E-state index < -0.39 is 16.5 Å². The SMILES string of the molecule is C=c1[nH]n(-c2cccc(C(=O)[O-])c2)c(=O)/c1=C\c1cc([N+](=O)[O-])ccc1Cl. The number of nitrogens with one attached hydrogen (secondary N) is 1. The third kappa shape index (κ3) is 3.51. The number of nitro groups is 1. The van der Waals surface area contributed by atoms with Crippen molar-refractivity contribution < 1.29 is 14.8 Å². The van der Waals surface area contributed by atoms with Crippen LogP contribution in [0.3, 0.4) is 0 Å². The number of carbonyl (C=O) groups is 1. The molecule has 2 aromatic carbocycles. The molecule has 1 N–H and O–H groups in total. The van der Waals surface area contributed by atoms with Crippen molar-refractivity contribution in [3.63, 3.8) is 0 Å². The van der Waals surface area contributed by atoms with Crippen LogP contribution in [-0.2, 0) is 0 Å². The minimum absolute atomic E-state index is 0.0909. The first-order valence-electron chi connectivity index (χ1n) is 7.55. The smallest absolute Gasteiger partial charge is 0.279 e. The Hall–Kier alpha value is -3.65. The summed E-state index contributed by atoms with van der Waals surface area (Å²) < 4.78 is 1.12. The number of halogens is 1. The highest BCUT2D eigenvalue weighted by Gasteiger charge is 2.10. The van der Waals surface area contributed by atoms with Gasteiger partial charge in [-0.1, -0.05) is 30.3 Å². The van der Waals surface area contributed by atoms with E-state index in [0.717, 1.165) is 4.68 Å². The standard InChI is InChI=1S/C18H12ClN3O5/c1-10-15(9-12-8-14(22(26)27)5-6-16(12)19)17(23)21(20-10)13-4-2-3-11(7-13)18(24)25/h2-9,20H,1H2,(H,24,25)/p-1/b15-9-. The van der Waals surface area contributed by atoms with Crippen molar-refractivity contribution in [2.24, 2.45) is 0 Å². The number of non-ortho nitro benzene ring substituents is 1. The molecule has 0 saturated heterocycles. The number of benzene rings is 2. The number of carbonyl (C=O) groups excluding carboxylic acids is 1. The molecule has 0 aliphatic heterocycles. The number of rotatable bonds is 4. The Kier molecular flexibility index (Phi) is 4.66. The summed E-state index contributed by atoms with van der Waals surface area (Å²) in [4.78, 5) is 34.1. The largest absolute Gasteiger partial charge is 0.545 e. The number of carboxylic acid groups (broad SMARTS) is 1. The fourth-order valence-corrected chi connectivity index (χ4v) is 2.68. The molecule has 3 rings (SSSR count). The van der Waals surface area contributed by atoms with Gasteiger partial charge in [-0.15, -0.1) is 0 Å². The summed E-state index contributed by atoms with van der Waals surface area (Å²) in [5.74, 6) is -1.37. The molecular weight excluding hydrogens is 374 g/mol. The van der Waals surface area contributed by atoms with Gasteiger partial charge in [0.1, 0.15) is 0 Å². The molecule has 27 heavy (non-hydrogen) atoms. The van der Waals surface area contributed by atoms with Gasteiger partial charge in [0.25, 0.3) is 11.2 Å². The van der Waals surface area contributed by atoms with Crippen LogP contribution in [0.25, 0.3) is 18.3 Å². The number of aromatic nitrogens is 2. The monoisotopic (exact) mass is 384 g/mol. The molecule has 0 atom stereocenters. The average Bonchev–Trinajstić information content (AvgIpc) is 2.91. The molecule has 1 heterocycles. The van der Waals surface area contributed by atoms with Crippen molar-refractivity contribution >= 4 is 35.9 Å². The second-order valence-corrected chi connectivity index (χ2v) is 6.00. The van der Waals surface area contributed by atoms with E-state index in [-0.39, 0.29) is 38.1 Å². The van der Waals surface area contributed by atoms with E-state index in [2.05, 4.69) is 11.7 Å². The molecule has 0 aliphatic carbocycles. The number of H-pyrrole nitrogens is 1. The maximum atomic E-state index is 12.7. The lowest BCUT2D eigenvalue weighted by molar-refractivity contribution is -0.384. The molecule has 0 aliphatic rings. The molecule has 0 radical (unpaired) electrons. The van der Waals surface area contributed by atoms with Crippen LogP contribution in [0.5, 0.6) is 0 Å². The molecule has 136 valence electrons. The fourth-order valence-electron chi connectivity index (χ4n) is 2.51. The molecule has 0 unspecified atom stereocenters. The molecule has 0 fully saturated rings. The fraction of sp³-hybridized carbons (Fsp3) is 0. The number of carboxylic acids is 1. The second kappa shape index (κ2) is 6.93. The van der Waals surface area contributed by atoms with Gasteiger partial charge in [0.2, 0.25) is 0 Å². The average molecular weight is 385 g/mol. The van der Waals surface area contributed by atoms with Crippen molar-refractivity contribution in [2.45, 2.75) is 0 Å². The molecule has 0 amide bonds. The van der Waals surface area contributed by atoms with Gasteiger partial charge in [0.05, 0.1) is 27.1 Å². The zero-order chi connectivity index (χ0) is 19.7. The Labute approximate surface area is 156 Å². The number of nitrogens with zero attached hydrogens (tertiary/aromatic N) is 2. The Morgan fingerprint density at radius 3 is 2.67 bits per heavy atom. The normalized spacial score (nSPS) is 11.5. The van der Waals surface area contributed by atoms with E-state index in [1.165, 1.54) is 48.5 Å². The molecule has 3 aromatic rings. The summed E-state index contributed by atoms with van der Waals surface area (Å²) in [6.45, 7) is 3.76. The van der Waals surface area contributed by atoms with Crippen LogP contribution in [0.4, 0.5) is 5.69 Å². The molecule has 0 spiro atoms. The number of aromatic carboxylic acids is 1. The van der Waals surface area contributed by atoms with Crippen molar-refractivity contribution in [3.8, 4) is 5.69 Å². The topological polar surface area (TPSA) is 121 Å². The number of aromatic amines is 1. The van der Waals surface area contributed by atoms with Gasteiger partial charge in [0.15, 0.2) is 0 Å². The summed E-state index contributed by atoms with van der Waals surface area (Å²) in [6, 6.07) is 9.49. The minimum Gasteiger partial charge on any atom is -0.545 e. The lowest BCUT2D eigenvalue weighted by Gasteiger charge is -2.05. The second-order valence-electron chi connectivity index (χ2n) is 5.59. The summed E-state index contributed by atoms with van der Waals surface area (Å²) in [5.41, 5.74) is -0.224. The van der Waals surface area contributed by atoms with E-state index in [1.54, 1.807) is 0 Å². The van der Waals surface area contributed by atoms with Crippen molar-refractivity contribution in [1.29, 1.82) is 0 Å². The van der Waals surface area contributed by atoms with Crippen molar-refractivity contribution in [3.05, 3.63) is 89.7 Å². The lowest BCUT2D eigenvalue weighted by atomic mass is 10.1. The summed E-state index contributed by atoms with van der Waals surface area (Å²) >= 11 is 6.07. The maximum Gasteiger partial charge on any atom is 0.279 e. The molecule has 9 heteroatoms. The van der Waals surface area contributed by atoms with E-state index in [1.807, 2.05) is 0 Å². The minimum atomic E-state index is -1.37. The van der Waals surface area contributed by atoms with Gasteiger partial charge >= 0.3 is 0 Å². The van der Waals surface area contributed by atoms with Gasteiger partial charge in [0, 0.05) is 22.7 Å². The molecule has 0 bridgehead atoms. The van der Waals surface area contributed by atoms with Crippen molar-refractivity contribution in [1.82, 2.24) is 9.78 Å². The first-order chi connectivity index (χ1) is 12.8. The third-order valence-corrected chi connectivity index (χ3v) is 4.18. The van der Waals surface area contributed by atoms with E-state index in [0.29, 0.717) is 0 Å². The first kappa shape index (κ1) is 18.2. The van der Waals surface area contributed by atoms with Crippen LogP contribution < -0.4 is 21.2 Å². The van der Waals surface area contributed by atoms with Gasteiger partial charge in [-0.25, -0.2) is 4.68 Å². The van der Waals surface area contributed by atoms with Gasteiger partial charge in [-0.2, -0.15) is 0 Å². The predicted octanol–water partition coefficient (Wildman–Crippen LogP) is 0.330. The Balaban J connectivity index is 2.20. The number of hydrogen-bond donors (Lipinski definition) is 1. The number of hydrogen-bond acceptors (Lipinski definition) is 5. The van der Waals surface area contributed by atoms with Crippen molar-refractivity contribution in [2.75, 3.05) is 0 Å². The van der Waals surface area contributed by atoms with Gasteiger partial charge < -0.3 is 9.90 Å². The van der Waals surface area contributed by atoms with Gasteiger partial charge in [-0.3, -0.25) is 20.0 Å². The Morgan fingerprint density at radius 2 is 2.00 bits per heavy atom. The third-order valence-electron chi connectivity index (χ3n) is 3.84. The quantitative estimate of drug-likeness (QED) is 0.513. The van der Waals surface area contributed by atoms with Crippen LogP contribution in [0.2, 0.25) is 5.02 Å². The Morgan fingerprint density at radius 1 is 1.26 bits per heavy atom. The summed E-state index contributed by atoms with van der Waals surface area (Å²) in [7, 11) is 0. The highest BCUT2D eigenvalue weighted by Crippen LogP contribution is 2.22. The van der Waals surface area contributed by atoms with E-state index in [9.17, 15) is 24.8 Å². The molecular formula is C18H11ClN3O5-. The van der Waals surface area contributed by atoms with Crippen LogP contribution >= 0.6 is 11.6 Å². The highest BCUT2D eigenvalue weighted by molar-refractivity contribution is 6.32. The number of nitro benzene ring substituents is 1. The zero-order valence-corrected chi connectivity index (χ0v) is 14.4. The Bertz CT molecular complexity index is 1240. The van der Waals surface area contributed by atoms with E-state index >= 15 is 0 Å². The molecule has 8 nitrogen and oxygen atoms in total. The summed E-state index contributed by atoms with van der Waals surface area (Å²) in [5, 5.41) is 25.3. The molecule has 0 saturated carbocycles. The van der Waals surface area contributed by atoms with Crippen LogP contribution in [0.1, 0.15) is 15.9 Å². The van der Waals surface area contributed by atoms with Gasteiger partial charge in [-0.05, 0) is 29.8 Å². The van der Waals surface area contributed by atoms with Crippen LogP contribution in [0.15, 0.2) is 47.3 Å². The summed E-state index contributed by atoms with van der Waals surface area (Å²) in [6.07, 6.45) is 1.38. The first-order valence-corrected chi connectivity index (χ1v) is 7.93. The predicted molar refractivity (Wildman–Crippen MR) is 97.2 cm³/mol. The van der Waals surface area contributed by atoms with Crippen LogP contribution in [0, 0.1) is 10.1 Å². The highest BCUT2D eigenvalue weighted by atomic mass is 35.5. The molecule has 1 aromatic heterocycles. The zero-order valence-electron chi connectivity index (χ0n) is 13.6. The van der Waals surface area contributed by atoms with Crippen LogP contribution in [-0.4, -0.2) is 20.7 Å². The maximum absolute atomic E-state index is 12.7.